The maximum atomic E-state index is 13.3. The number of aliphatic hydroxyl groups is 1. The Labute approximate surface area is 281 Å². The lowest BCUT2D eigenvalue weighted by Gasteiger charge is -2.37. The van der Waals surface area contributed by atoms with E-state index in [9.17, 15) is 24.6 Å². The number of likely N-dealkylation sites (N-methyl/N-ethyl adjacent to an activating group) is 1. The number of aromatic nitrogens is 1. The van der Waals surface area contributed by atoms with Crippen LogP contribution >= 0.6 is 0 Å². The van der Waals surface area contributed by atoms with Crippen LogP contribution in [0.5, 0.6) is 5.75 Å². The Morgan fingerprint density at radius 1 is 1.00 bits per heavy atom. The highest BCUT2D eigenvalue weighted by Gasteiger charge is 2.49. The Morgan fingerprint density at radius 3 is 2.35 bits per heavy atom. The highest BCUT2D eigenvalue weighted by Crippen LogP contribution is 2.43. The van der Waals surface area contributed by atoms with Gasteiger partial charge in [-0.1, -0.05) is 73.2 Å². The smallest absolute Gasteiger partial charge is 0.248 e. The van der Waals surface area contributed by atoms with E-state index in [0.29, 0.717) is 42.5 Å². The molecular weight excluding hydrogens is 606 g/mol. The number of phenols is 1. The Bertz CT molecular complexity index is 1690. The molecule has 4 aromatic rings. The molecule has 1 aromatic heterocycles. The van der Waals surface area contributed by atoms with Crippen LogP contribution in [-0.4, -0.2) is 83.1 Å². The number of phenolic OH excluding ortho intramolecular Hbond substituents is 1. The number of fused-ring (bicyclic) bond motifs is 1. The number of primary amides is 1. The number of amides is 2. The number of rotatable bonds is 16. The molecule has 1 aliphatic heterocycles. The molecule has 0 spiro atoms. The van der Waals surface area contributed by atoms with E-state index in [2.05, 4.69) is 15.2 Å². The number of benzene rings is 3. The number of carbonyl (C=O) groups excluding carboxylic acids is 2. The van der Waals surface area contributed by atoms with Gasteiger partial charge in [-0.15, -0.1) is 0 Å². The topological polar surface area (TPSA) is 152 Å². The number of aromatic hydroxyl groups is 1. The normalized spacial score (nSPS) is 15.8. The molecule has 0 radical (unpaired) electrons. The molecule has 1 fully saturated rings. The van der Waals surface area contributed by atoms with E-state index in [-0.39, 0.29) is 29.0 Å². The molecular formula is C38H47N5O5. The average Bonchev–Trinajstić information content (AvgIpc) is 3.57. The van der Waals surface area contributed by atoms with Crippen molar-refractivity contribution in [2.24, 2.45) is 11.7 Å². The lowest BCUT2D eigenvalue weighted by atomic mass is 9.64. The van der Waals surface area contributed by atoms with Gasteiger partial charge in [0, 0.05) is 51.1 Å². The molecule has 10 heteroatoms. The molecule has 254 valence electrons. The van der Waals surface area contributed by atoms with Crippen molar-refractivity contribution in [2.45, 2.75) is 43.6 Å². The molecule has 5 rings (SSSR count). The zero-order chi connectivity index (χ0) is 34.1. The van der Waals surface area contributed by atoms with Gasteiger partial charge in [0.1, 0.15) is 11.2 Å². The van der Waals surface area contributed by atoms with Crippen molar-refractivity contribution in [1.29, 1.82) is 0 Å². The van der Waals surface area contributed by atoms with Gasteiger partial charge in [0.2, 0.25) is 17.4 Å². The van der Waals surface area contributed by atoms with Gasteiger partial charge in [-0.3, -0.25) is 14.4 Å². The summed E-state index contributed by atoms with van der Waals surface area (Å²) in [6.45, 7) is 3.93. The summed E-state index contributed by atoms with van der Waals surface area (Å²) in [6, 6.07) is 25.8. The fraction of sp³-hybridized carbons (Fsp3) is 0.395. The number of nitrogens with zero attached hydrogens (tertiary/aromatic N) is 2. The molecule has 10 nitrogen and oxygen atoms in total. The third kappa shape index (κ3) is 7.78. The Balaban J connectivity index is 1.03. The summed E-state index contributed by atoms with van der Waals surface area (Å²) in [4.78, 5) is 44.6. The number of carbonyl (C=O) groups is 2. The van der Waals surface area contributed by atoms with Crippen LogP contribution in [0, 0.1) is 5.92 Å². The monoisotopic (exact) mass is 653 g/mol. The van der Waals surface area contributed by atoms with Crippen LogP contribution in [0.4, 0.5) is 0 Å². The molecule has 2 atom stereocenters. The van der Waals surface area contributed by atoms with Crippen LogP contribution in [0.15, 0.2) is 89.7 Å². The molecule has 2 amide bonds. The first-order valence-corrected chi connectivity index (χ1v) is 16.8. The third-order valence-electron chi connectivity index (χ3n) is 9.76. The zero-order valence-electron chi connectivity index (χ0n) is 27.6. The van der Waals surface area contributed by atoms with Crippen LogP contribution in [-0.2, 0) is 15.0 Å². The molecule has 48 heavy (non-hydrogen) atoms. The van der Waals surface area contributed by atoms with Crippen LogP contribution in [0.1, 0.15) is 54.9 Å². The minimum Gasteiger partial charge on any atom is -0.506 e. The number of hydrogen-bond donors (Lipinski definition) is 5. The SMILES string of the molecule is CN(CCN1CC[C@@H](C(C(N)=O)(c2ccccc2)c2ccccc2)C1)C(=O)CCCCCNC[C@H](O)c1ccc(O)c2[nH]c(=O)ccc12. The molecule has 0 aliphatic carbocycles. The summed E-state index contributed by atoms with van der Waals surface area (Å²) in [7, 11) is 1.85. The highest BCUT2D eigenvalue weighted by atomic mass is 16.3. The number of pyridine rings is 1. The van der Waals surface area contributed by atoms with Crippen molar-refractivity contribution in [2.75, 3.05) is 46.3 Å². The van der Waals surface area contributed by atoms with Crippen LogP contribution in [0.2, 0.25) is 0 Å². The number of unbranched alkanes of at least 4 members (excludes halogenated alkanes) is 2. The van der Waals surface area contributed by atoms with Crippen molar-refractivity contribution in [1.82, 2.24) is 20.1 Å². The van der Waals surface area contributed by atoms with Gasteiger partial charge < -0.3 is 36.0 Å². The van der Waals surface area contributed by atoms with Crippen LogP contribution in [0.3, 0.4) is 0 Å². The maximum Gasteiger partial charge on any atom is 0.248 e. The molecule has 1 aliphatic rings. The zero-order valence-corrected chi connectivity index (χ0v) is 27.6. The van der Waals surface area contributed by atoms with Crippen molar-refractivity contribution in [3.8, 4) is 5.75 Å². The van der Waals surface area contributed by atoms with Crippen LogP contribution < -0.4 is 16.6 Å². The predicted octanol–water partition coefficient (Wildman–Crippen LogP) is 3.67. The van der Waals surface area contributed by atoms with Crippen molar-refractivity contribution in [3.63, 3.8) is 0 Å². The molecule has 3 aromatic carbocycles. The van der Waals surface area contributed by atoms with E-state index in [1.54, 1.807) is 17.0 Å². The molecule has 0 saturated carbocycles. The third-order valence-corrected chi connectivity index (χ3v) is 9.76. The van der Waals surface area contributed by atoms with Gasteiger partial charge in [-0.25, -0.2) is 0 Å². The molecule has 0 bridgehead atoms. The van der Waals surface area contributed by atoms with E-state index >= 15 is 0 Å². The second-order valence-corrected chi connectivity index (χ2v) is 12.8. The number of H-pyrrole nitrogens is 1. The quantitative estimate of drug-likeness (QED) is 0.116. The first kappa shape index (κ1) is 34.8. The summed E-state index contributed by atoms with van der Waals surface area (Å²) in [6.07, 6.45) is 3.04. The van der Waals surface area contributed by atoms with Gasteiger partial charge in [0.15, 0.2) is 0 Å². The number of nitrogens with one attached hydrogen (secondary N) is 2. The molecule has 6 N–H and O–H groups in total. The van der Waals surface area contributed by atoms with Crippen molar-refractivity contribution in [3.05, 3.63) is 112 Å². The molecule has 1 saturated heterocycles. The fourth-order valence-electron chi connectivity index (χ4n) is 7.12. The predicted molar refractivity (Wildman–Crippen MR) is 188 cm³/mol. The lowest BCUT2D eigenvalue weighted by Crippen LogP contribution is -2.49. The number of aliphatic hydroxyl groups excluding tert-OH is 1. The fourth-order valence-corrected chi connectivity index (χ4v) is 7.12. The summed E-state index contributed by atoms with van der Waals surface area (Å²) in [5.74, 6) is -0.242. The average molecular weight is 654 g/mol. The maximum absolute atomic E-state index is 13.3. The van der Waals surface area contributed by atoms with Gasteiger partial charge in [0.05, 0.1) is 11.6 Å². The van der Waals surface area contributed by atoms with Gasteiger partial charge >= 0.3 is 0 Å². The summed E-state index contributed by atoms with van der Waals surface area (Å²) < 4.78 is 0. The summed E-state index contributed by atoms with van der Waals surface area (Å²) in [5.41, 5.74) is 7.76. The lowest BCUT2D eigenvalue weighted by molar-refractivity contribution is -0.130. The van der Waals surface area contributed by atoms with Crippen molar-refractivity contribution < 1.29 is 19.8 Å². The second kappa shape index (κ2) is 16.1. The number of likely N-dealkylation sites (tertiary alicyclic amines) is 1. The minimum atomic E-state index is -0.923. The number of aromatic amines is 1. The van der Waals surface area contributed by atoms with E-state index in [4.69, 9.17) is 5.73 Å². The summed E-state index contributed by atoms with van der Waals surface area (Å²) in [5, 5.41) is 24.7. The first-order chi connectivity index (χ1) is 23.2. The standard InChI is InChI=1S/C38H47N5O5/c1-42(35(47)15-9-4-10-21-40-25-33(45)30-16-18-32(44)36-31(30)17-19-34(46)41-36)23-24-43-22-20-29(26-43)38(37(39)48,27-11-5-2-6-12-27)28-13-7-3-8-14-28/h2-3,5-8,11-14,16-19,29,33,40,44-45H,4,9-10,15,20-26H2,1H3,(H2,39,48)(H,41,46)/t29-,33+/m1/s1. The first-order valence-electron chi connectivity index (χ1n) is 16.8. The minimum absolute atomic E-state index is 0.0153. The highest BCUT2D eigenvalue weighted by molar-refractivity contribution is 5.91. The van der Waals surface area contributed by atoms with Crippen LogP contribution in [0.25, 0.3) is 10.9 Å². The van der Waals surface area contributed by atoms with Crippen molar-refractivity contribution >= 4 is 22.7 Å². The Hall–Kier alpha value is -4.51. The van der Waals surface area contributed by atoms with E-state index in [1.165, 1.54) is 12.1 Å². The van der Waals surface area contributed by atoms with E-state index < -0.39 is 11.5 Å². The van der Waals surface area contributed by atoms with Gasteiger partial charge in [-0.05, 0) is 67.1 Å². The molecule has 0 unspecified atom stereocenters. The Kier molecular flexibility index (Phi) is 11.6. The van der Waals surface area contributed by atoms with E-state index in [1.807, 2.05) is 67.7 Å². The largest absolute Gasteiger partial charge is 0.506 e. The van der Waals surface area contributed by atoms with Gasteiger partial charge in [0.25, 0.3) is 0 Å². The molecule has 2 heterocycles. The number of hydrogen-bond acceptors (Lipinski definition) is 7. The second-order valence-electron chi connectivity index (χ2n) is 12.8. The van der Waals surface area contributed by atoms with E-state index in [0.717, 1.165) is 56.4 Å². The summed E-state index contributed by atoms with van der Waals surface area (Å²) >= 11 is 0. The number of nitrogens with two attached hydrogens (primary N) is 1. The van der Waals surface area contributed by atoms with Gasteiger partial charge in [-0.2, -0.15) is 0 Å². The Morgan fingerprint density at radius 2 is 1.69 bits per heavy atom.